The molecular formula is C32H38N6O5. The molecule has 0 spiro atoms. The first-order valence-corrected chi connectivity index (χ1v) is 15.2. The largest absolute Gasteiger partial charge is 0.481 e. The number of carbonyl (C=O) groups is 3. The number of nitrogens with zero attached hydrogens (tertiary/aromatic N) is 5. The van der Waals surface area contributed by atoms with Gasteiger partial charge in [0.05, 0.1) is 18.5 Å². The number of likely N-dealkylation sites (tertiary alicyclic amines) is 1. The van der Waals surface area contributed by atoms with Gasteiger partial charge in [-0.3, -0.25) is 14.4 Å². The number of unbranched alkanes of at least 4 members (excludes halogenated alkanes) is 1. The minimum Gasteiger partial charge on any atom is -0.481 e. The van der Waals surface area contributed by atoms with Crippen LogP contribution in [0.1, 0.15) is 77.6 Å². The van der Waals surface area contributed by atoms with Crippen molar-refractivity contribution in [1.29, 1.82) is 0 Å². The molecule has 2 amide bonds. The van der Waals surface area contributed by atoms with Crippen LogP contribution in [0.3, 0.4) is 0 Å². The monoisotopic (exact) mass is 586 g/mol. The minimum atomic E-state index is -0.365. The van der Waals surface area contributed by atoms with Gasteiger partial charge in [-0.25, -0.2) is 4.98 Å². The van der Waals surface area contributed by atoms with E-state index in [1.807, 2.05) is 35.2 Å². The maximum absolute atomic E-state index is 13.2. The van der Waals surface area contributed by atoms with Gasteiger partial charge in [0, 0.05) is 69.7 Å². The molecule has 2 saturated heterocycles. The van der Waals surface area contributed by atoms with Gasteiger partial charge in [-0.05, 0) is 56.4 Å². The van der Waals surface area contributed by atoms with Crippen LogP contribution < -0.4 is 19.9 Å². The SMILES string of the molecule is COc1cccc(N2CCN(c3ccc(C(=O)CCCCN4CCCC4=O)cc3NC(=O)c3coc(C4CC4)n3)CC2)n1. The first-order chi connectivity index (χ1) is 21.0. The molecule has 43 heavy (non-hydrogen) atoms. The van der Waals surface area contributed by atoms with E-state index in [9.17, 15) is 14.4 Å². The predicted octanol–water partition coefficient (Wildman–Crippen LogP) is 4.51. The molecule has 1 aromatic carbocycles. The number of benzene rings is 1. The number of carbonyl (C=O) groups excluding carboxylic acids is 3. The standard InChI is InChI=1S/C32H38N6O5/c1-42-29-8-4-7-28(35-29)37-18-16-36(17-19-37)26-13-12-23(27(39)6-2-3-14-38-15-5-9-30(38)40)20-24(26)33-31(41)25-21-43-32(34-25)22-10-11-22/h4,7-8,12-13,20-22H,2-3,5-6,9-11,14-19H2,1H3,(H,33,41). The zero-order valence-corrected chi connectivity index (χ0v) is 24.6. The third-order valence-corrected chi connectivity index (χ3v) is 8.36. The molecule has 3 aliphatic rings. The fraction of sp³-hybridized carbons (Fsp3) is 0.469. The van der Waals surface area contributed by atoms with Crippen LogP contribution in [0.25, 0.3) is 0 Å². The summed E-state index contributed by atoms with van der Waals surface area (Å²) in [5.74, 6) is 2.20. The number of pyridine rings is 1. The number of anilines is 3. The van der Waals surface area contributed by atoms with Crippen LogP contribution in [0.2, 0.25) is 0 Å². The van der Waals surface area contributed by atoms with E-state index in [-0.39, 0.29) is 23.3 Å². The molecule has 6 rings (SSSR count). The molecule has 2 aromatic heterocycles. The number of Topliss-reactive ketones (excluding diaryl/α,β-unsaturated/α-hetero) is 1. The lowest BCUT2D eigenvalue weighted by molar-refractivity contribution is -0.127. The third-order valence-electron chi connectivity index (χ3n) is 8.36. The Bertz CT molecular complexity index is 1480. The second kappa shape index (κ2) is 12.8. The van der Waals surface area contributed by atoms with Gasteiger partial charge in [0.2, 0.25) is 11.8 Å². The summed E-state index contributed by atoms with van der Waals surface area (Å²) in [5.41, 5.74) is 2.20. The van der Waals surface area contributed by atoms with Gasteiger partial charge in [-0.1, -0.05) is 6.07 Å². The summed E-state index contributed by atoms with van der Waals surface area (Å²) in [5, 5.41) is 3.02. The van der Waals surface area contributed by atoms with Crippen molar-refractivity contribution in [3.63, 3.8) is 0 Å². The van der Waals surface area contributed by atoms with Crippen LogP contribution in [-0.4, -0.2) is 78.8 Å². The number of aromatic nitrogens is 2. The van der Waals surface area contributed by atoms with Crippen molar-refractivity contribution in [2.45, 2.75) is 50.9 Å². The average molecular weight is 587 g/mol. The number of amides is 2. The minimum absolute atomic E-state index is 0.0150. The van der Waals surface area contributed by atoms with Crippen LogP contribution in [0.4, 0.5) is 17.2 Å². The zero-order valence-electron chi connectivity index (χ0n) is 24.6. The molecule has 0 atom stereocenters. The highest BCUT2D eigenvalue weighted by Crippen LogP contribution is 2.39. The summed E-state index contributed by atoms with van der Waals surface area (Å²) in [6.45, 7) is 4.41. The van der Waals surface area contributed by atoms with Crippen molar-refractivity contribution in [3.8, 4) is 5.88 Å². The normalized spacial score (nSPS) is 17.0. The molecule has 0 unspecified atom stereocenters. The van der Waals surface area contributed by atoms with Crippen molar-refractivity contribution < 1.29 is 23.5 Å². The van der Waals surface area contributed by atoms with E-state index in [2.05, 4.69) is 25.1 Å². The molecule has 3 fully saturated rings. The topological polar surface area (TPSA) is 121 Å². The van der Waals surface area contributed by atoms with E-state index < -0.39 is 0 Å². The fourth-order valence-corrected chi connectivity index (χ4v) is 5.72. The summed E-state index contributed by atoms with van der Waals surface area (Å²) in [6.07, 6.45) is 6.89. The molecular weight excluding hydrogens is 548 g/mol. The number of methoxy groups -OCH3 is 1. The summed E-state index contributed by atoms with van der Waals surface area (Å²) >= 11 is 0. The number of ether oxygens (including phenoxy) is 1. The maximum Gasteiger partial charge on any atom is 0.277 e. The Morgan fingerprint density at radius 1 is 1.02 bits per heavy atom. The Morgan fingerprint density at radius 2 is 1.84 bits per heavy atom. The smallest absolute Gasteiger partial charge is 0.277 e. The highest BCUT2D eigenvalue weighted by Gasteiger charge is 2.30. The van der Waals surface area contributed by atoms with Gasteiger partial charge in [0.1, 0.15) is 12.1 Å². The molecule has 11 nitrogen and oxygen atoms in total. The number of ketones is 1. The molecule has 3 aromatic rings. The summed E-state index contributed by atoms with van der Waals surface area (Å²) in [6, 6.07) is 11.3. The summed E-state index contributed by atoms with van der Waals surface area (Å²) in [4.78, 5) is 53.6. The van der Waals surface area contributed by atoms with Crippen molar-refractivity contribution in [3.05, 3.63) is 59.8 Å². The van der Waals surface area contributed by atoms with Crippen molar-refractivity contribution in [2.24, 2.45) is 0 Å². The molecule has 1 aliphatic carbocycles. The number of rotatable bonds is 12. The highest BCUT2D eigenvalue weighted by molar-refractivity contribution is 6.06. The maximum atomic E-state index is 13.2. The van der Waals surface area contributed by atoms with E-state index in [0.717, 1.165) is 56.8 Å². The van der Waals surface area contributed by atoms with E-state index in [1.165, 1.54) is 6.26 Å². The van der Waals surface area contributed by atoms with Gasteiger partial charge in [0.15, 0.2) is 17.4 Å². The van der Waals surface area contributed by atoms with Gasteiger partial charge < -0.3 is 29.2 Å². The molecule has 2 aliphatic heterocycles. The molecule has 1 N–H and O–H groups in total. The van der Waals surface area contributed by atoms with Gasteiger partial charge in [0.25, 0.3) is 5.91 Å². The Labute approximate surface area is 251 Å². The van der Waals surface area contributed by atoms with Gasteiger partial charge >= 0.3 is 0 Å². The van der Waals surface area contributed by atoms with Crippen LogP contribution in [-0.2, 0) is 4.79 Å². The predicted molar refractivity (Wildman–Crippen MR) is 162 cm³/mol. The molecule has 0 radical (unpaired) electrons. The number of hydrogen-bond acceptors (Lipinski definition) is 9. The quantitative estimate of drug-likeness (QED) is 0.241. The van der Waals surface area contributed by atoms with Crippen molar-refractivity contribution in [2.75, 3.05) is 61.5 Å². The first-order valence-electron chi connectivity index (χ1n) is 15.2. The Hall–Kier alpha value is -4.41. The van der Waals surface area contributed by atoms with Crippen LogP contribution >= 0.6 is 0 Å². The lowest BCUT2D eigenvalue weighted by atomic mass is 10.0. The second-order valence-corrected chi connectivity index (χ2v) is 11.4. The Morgan fingerprint density at radius 3 is 2.58 bits per heavy atom. The lowest BCUT2D eigenvalue weighted by Crippen LogP contribution is -2.47. The second-order valence-electron chi connectivity index (χ2n) is 11.4. The first kappa shape index (κ1) is 28.7. The molecule has 4 heterocycles. The molecule has 226 valence electrons. The summed E-state index contributed by atoms with van der Waals surface area (Å²) < 4.78 is 10.8. The van der Waals surface area contributed by atoms with Crippen LogP contribution in [0.15, 0.2) is 47.1 Å². The van der Waals surface area contributed by atoms with Crippen molar-refractivity contribution in [1.82, 2.24) is 14.9 Å². The van der Waals surface area contributed by atoms with Crippen molar-refractivity contribution >= 4 is 34.8 Å². The van der Waals surface area contributed by atoms with E-state index in [0.29, 0.717) is 67.8 Å². The van der Waals surface area contributed by atoms with Crippen LogP contribution in [0.5, 0.6) is 5.88 Å². The molecule has 0 bridgehead atoms. The van der Waals surface area contributed by atoms with E-state index in [4.69, 9.17) is 9.15 Å². The fourth-order valence-electron chi connectivity index (χ4n) is 5.72. The van der Waals surface area contributed by atoms with Crippen LogP contribution in [0, 0.1) is 0 Å². The average Bonchev–Trinajstić information content (AvgIpc) is 3.62. The number of hydrogen-bond donors (Lipinski definition) is 1. The Kier molecular flexibility index (Phi) is 8.57. The third kappa shape index (κ3) is 6.81. The summed E-state index contributed by atoms with van der Waals surface area (Å²) in [7, 11) is 1.61. The lowest BCUT2D eigenvalue weighted by Gasteiger charge is -2.37. The molecule has 11 heteroatoms. The number of oxazole rings is 1. The number of piperazine rings is 1. The Balaban J connectivity index is 1.15. The highest BCUT2D eigenvalue weighted by atomic mass is 16.5. The zero-order chi connectivity index (χ0) is 29.8. The van der Waals surface area contributed by atoms with E-state index in [1.54, 1.807) is 13.2 Å². The van der Waals surface area contributed by atoms with Gasteiger partial charge in [-0.2, -0.15) is 4.98 Å². The number of nitrogens with one attached hydrogen (secondary N) is 1. The van der Waals surface area contributed by atoms with Gasteiger partial charge in [-0.15, -0.1) is 0 Å². The van der Waals surface area contributed by atoms with E-state index >= 15 is 0 Å². The molecule has 1 saturated carbocycles.